The monoisotopic (exact) mass is 288 g/mol. The van der Waals surface area contributed by atoms with E-state index in [1.807, 2.05) is 0 Å². The summed E-state index contributed by atoms with van der Waals surface area (Å²) in [4.78, 5) is 22.2. The number of carbonyl (C=O) groups is 1. The standard InChI is InChI=1S/C14H12N2O5/c1-21-14(18)11-7-6-10(13(12(11)15)16(19)20)8-2-4-9(17)5-3-8/h2-7,17H,15H2,1H3. The predicted molar refractivity (Wildman–Crippen MR) is 75.9 cm³/mol. The van der Waals surface area contributed by atoms with Crippen LogP contribution in [0.3, 0.4) is 0 Å². The fourth-order valence-corrected chi connectivity index (χ4v) is 1.97. The van der Waals surface area contributed by atoms with Crippen molar-refractivity contribution in [2.24, 2.45) is 0 Å². The zero-order valence-corrected chi connectivity index (χ0v) is 11.1. The number of phenolic OH excluding ortho intramolecular Hbond substituents is 1. The van der Waals surface area contributed by atoms with Gasteiger partial charge in [0.2, 0.25) is 0 Å². The van der Waals surface area contributed by atoms with Crippen LogP contribution in [0.15, 0.2) is 36.4 Å². The van der Waals surface area contributed by atoms with Crippen molar-refractivity contribution in [3.8, 4) is 16.9 Å². The van der Waals surface area contributed by atoms with Gasteiger partial charge in [0, 0.05) is 0 Å². The zero-order chi connectivity index (χ0) is 15.6. The average molecular weight is 288 g/mol. The Labute approximate surface area is 119 Å². The van der Waals surface area contributed by atoms with Crippen molar-refractivity contribution in [2.75, 3.05) is 12.8 Å². The molecule has 0 saturated heterocycles. The summed E-state index contributed by atoms with van der Waals surface area (Å²) in [6, 6.07) is 8.65. The van der Waals surface area contributed by atoms with Crippen LogP contribution < -0.4 is 5.73 Å². The Kier molecular flexibility index (Phi) is 3.75. The number of aromatic hydroxyl groups is 1. The minimum atomic E-state index is -0.743. The Morgan fingerprint density at radius 1 is 1.24 bits per heavy atom. The third-order valence-electron chi connectivity index (χ3n) is 2.98. The van der Waals surface area contributed by atoms with Gasteiger partial charge in [-0.15, -0.1) is 0 Å². The molecule has 108 valence electrons. The van der Waals surface area contributed by atoms with E-state index >= 15 is 0 Å². The molecule has 3 N–H and O–H groups in total. The molecule has 0 fully saturated rings. The minimum Gasteiger partial charge on any atom is -0.508 e. The first-order valence-electron chi connectivity index (χ1n) is 5.90. The van der Waals surface area contributed by atoms with Gasteiger partial charge in [-0.3, -0.25) is 10.1 Å². The van der Waals surface area contributed by atoms with Gasteiger partial charge < -0.3 is 15.6 Å². The van der Waals surface area contributed by atoms with Crippen molar-refractivity contribution in [3.05, 3.63) is 52.1 Å². The van der Waals surface area contributed by atoms with Crippen LogP contribution in [0.2, 0.25) is 0 Å². The van der Waals surface area contributed by atoms with E-state index in [1.54, 1.807) is 0 Å². The van der Waals surface area contributed by atoms with Gasteiger partial charge in [-0.25, -0.2) is 4.79 Å². The number of hydrogen-bond donors (Lipinski definition) is 2. The van der Waals surface area contributed by atoms with Crippen molar-refractivity contribution in [1.29, 1.82) is 0 Å². The predicted octanol–water partition coefficient (Wildman–Crippen LogP) is 2.34. The van der Waals surface area contributed by atoms with Gasteiger partial charge in [0.05, 0.1) is 23.2 Å². The largest absolute Gasteiger partial charge is 0.508 e. The second-order valence-electron chi connectivity index (χ2n) is 4.22. The lowest BCUT2D eigenvalue weighted by molar-refractivity contribution is -0.383. The number of rotatable bonds is 3. The molecule has 2 rings (SSSR count). The summed E-state index contributed by atoms with van der Waals surface area (Å²) in [5.41, 5.74) is 5.81. The molecule has 0 heterocycles. The maximum Gasteiger partial charge on any atom is 0.340 e. The molecule has 0 aliphatic heterocycles. The fourth-order valence-electron chi connectivity index (χ4n) is 1.97. The number of anilines is 1. The van der Waals surface area contributed by atoms with E-state index in [0.29, 0.717) is 5.56 Å². The number of ether oxygens (including phenoxy) is 1. The number of nitro groups is 1. The van der Waals surface area contributed by atoms with Gasteiger partial charge in [0.1, 0.15) is 11.4 Å². The normalized spacial score (nSPS) is 10.1. The van der Waals surface area contributed by atoms with E-state index in [2.05, 4.69) is 4.74 Å². The molecule has 21 heavy (non-hydrogen) atoms. The Bertz CT molecular complexity index is 710. The molecule has 0 unspecified atom stereocenters. The highest BCUT2D eigenvalue weighted by molar-refractivity contribution is 6.00. The summed E-state index contributed by atoms with van der Waals surface area (Å²) in [5, 5.41) is 20.5. The molecule has 0 saturated carbocycles. The zero-order valence-electron chi connectivity index (χ0n) is 11.1. The van der Waals surface area contributed by atoms with Gasteiger partial charge in [-0.2, -0.15) is 0 Å². The number of hydrogen-bond acceptors (Lipinski definition) is 6. The maximum absolute atomic E-state index is 11.5. The third kappa shape index (κ3) is 2.62. The summed E-state index contributed by atoms with van der Waals surface area (Å²) in [6.07, 6.45) is 0. The third-order valence-corrected chi connectivity index (χ3v) is 2.98. The van der Waals surface area contributed by atoms with Crippen LogP contribution in [-0.4, -0.2) is 23.1 Å². The molecule has 7 heteroatoms. The van der Waals surface area contributed by atoms with Crippen molar-refractivity contribution < 1.29 is 19.6 Å². The summed E-state index contributed by atoms with van der Waals surface area (Å²) in [7, 11) is 1.17. The first-order valence-corrected chi connectivity index (χ1v) is 5.90. The Morgan fingerprint density at radius 2 is 1.86 bits per heavy atom. The topological polar surface area (TPSA) is 116 Å². The first kappa shape index (κ1) is 14.3. The number of nitro benzene ring substituents is 1. The van der Waals surface area contributed by atoms with E-state index in [1.165, 1.54) is 43.5 Å². The quantitative estimate of drug-likeness (QED) is 0.387. The van der Waals surface area contributed by atoms with Crippen LogP contribution >= 0.6 is 0 Å². The van der Waals surface area contributed by atoms with Crippen molar-refractivity contribution >= 4 is 17.3 Å². The number of nitrogens with two attached hydrogens (primary N) is 1. The number of methoxy groups -OCH3 is 1. The summed E-state index contributed by atoms with van der Waals surface area (Å²) >= 11 is 0. The van der Waals surface area contributed by atoms with Crippen LogP contribution in [0, 0.1) is 10.1 Å². The van der Waals surface area contributed by atoms with Gasteiger partial charge in [0.25, 0.3) is 0 Å². The number of nitrogens with zero attached hydrogens (tertiary/aromatic N) is 1. The molecule has 0 bridgehead atoms. The summed E-state index contributed by atoms with van der Waals surface area (Å²) in [6.45, 7) is 0. The Hall–Kier alpha value is -3.09. The van der Waals surface area contributed by atoms with E-state index < -0.39 is 10.9 Å². The summed E-state index contributed by atoms with van der Waals surface area (Å²) in [5.74, 6) is -0.701. The van der Waals surface area contributed by atoms with Crippen LogP contribution in [0.1, 0.15) is 10.4 Å². The molecule has 0 aliphatic carbocycles. The van der Waals surface area contributed by atoms with E-state index in [-0.39, 0.29) is 28.3 Å². The molecule has 0 atom stereocenters. The molecule has 0 aromatic heterocycles. The number of benzene rings is 2. The molecule has 0 spiro atoms. The van der Waals surface area contributed by atoms with Gasteiger partial charge in [0.15, 0.2) is 0 Å². The minimum absolute atomic E-state index is 0.0422. The highest BCUT2D eigenvalue weighted by Gasteiger charge is 2.25. The molecular formula is C14H12N2O5. The number of nitrogen functional groups attached to an aromatic ring is 1. The molecule has 2 aromatic carbocycles. The molecule has 0 aliphatic rings. The lowest BCUT2D eigenvalue weighted by Gasteiger charge is -2.09. The molecule has 2 aromatic rings. The fraction of sp³-hybridized carbons (Fsp3) is 0.0714. The van der Waals surface area contributed by atoms with E-state index in [0.717, 1.165) is 0 Å². The molecule has 7 nitrogen and oxygen atoms in total. The second kappa shape index (κ2) is 5.49. The van der Waals surface area contributed by atoms with Crippen molar-refractivity contribution in [3.63, 3.8) is 0 Å². The Balaban J connectivity index is 2.67. The highest BCUT2D eigenvalue weighted by Crippen LogP contribution is 2.37. The lowest BCUT2D eigenvalue weighted by Crippen LogP contribution is -2.08. The Morgan fingerprint density at radius 3 is 2.38 bits per heavy atom. The smallest absolute Gasteiger partial charge is 0.340 e. The van der Waals surface area contributed by atoms with Gasteiger partial charge >= 0.3 is 11.7 Å². The maximum atomic E-state index is 11.5. The number of carbonyl (C=O) groups excluding carboxylic acids is 1. The second-order valence-corrected chi connectivity index (χ2v) is 4.22. The first-order chi connectivity index (χ1) is 9.95. The van der Waals surface area contributed by atoms with Crippen LogP contribution in [0.25, 0.3) is 11.1 Å². The van der Waals surface area contributed by atoms with E-state index in [4.69, 9.17) is 5.73 Å². The van der Waals surface area contributed by atoms with Crippen LogP contribution in [0.4, 0.5) is 11.4 Å². The van der Waals surface area contributed by atoms with Crippen molar-refractivity contribution in [1.82, 2.24) is 0 Å². The number of phenols is 1. The molecule has 0 radical (unpaired) electrons. The van der Waals surface area contributed by atoms with Gasteiger partial charge in [-0.05, 0) is 29.8 Å². The molecule has 0 amide bonds. The van der Waals surface area contributed by atoms with Crippen molar-refractivity contribution in [2.45, 2.75) is 0 Å². The SMILES string of the molecule is COC(=O)c1ccc(-c2ccc(O)cc2)c([N+](=O)[O-])c1N. The molecular weight excluding hydrogens is 276 g/mol. The highest BCUT2D eigenvalue weighted by atomic mass is 16.6. The van der Waals surface area contributed by atoms with E-state index in [9.17, 15) is 20.0 Å². The van der Waals surface area contributed by atoms with Crippen LogP contribution in [-0.2, 0) is 4.74 Å². The number of esters is 1. The lowest BCUT2D eigenvalue weighted by atomic mass is 9.99. The van der Waals surface area contributed by atoms with Gasteiger partial charge in [-0.1, -0.05) is 12.1 Å². The van der Waals surface area contributed by atoms with Crippen LogP contribution in [0.5, 0.6) is 5.75 Å². The summed E-state index contributed by atoms with van der Waals surface area (Å²) < 4.78 is 4.54. The average Bonchev–Trinajstić information content (AvgIpc) is 2.46.